The van der Waals surface area contributed by atoms with Gasteiger partial charge in [-0.25, -0.2) is 15.8 Å². The number of nitrogens with one attached hydrogen (secondary N) is 1. The van der Waals surface area contributed by atoms with Gasteiger partial charge in [0.1, 0.15) is 5.69 Å². The maximum atomic E-state index is 11.5. The third-order valence-corrected chi connectivity index (χ3v) is 3.95. The lowest BCUT2D eigenvalue weighted by atomic mass is 9.98. The van der Waals surface area contributed by atoms with Gasteiger partial charge in [0.25, 0.3) is 5.91 Å². The molecule has 3 heterocycles. The summed E-state index contributed by atoms with van der Waals surface area (Å²) >= 11 is 0. The zero-order chi connectivity index (χ0) is 16.9. The Balaban J connectivity index is 1.59. The Morgan fingerprint density at radius 3 is 2.88 bits per heavy atom. The van der Waals surface area contributed by atoms with Crippen LogP contribution in [-0.4, -0.2) is 52.5 Å². The lowest BCUT2D eigenvalue weighted by molar-refractivity contribution is 0.0948. The molecule has 8 nitrogen and oxygen atoms in total. The monoisotopic (exact) mass is 328 g/mol. The number of rotatable bonds is 6. The van der Waals surface area contributed by atoms with E-state index in [1.807, 2.05) is 11.5 Å². The number of nitrogens with two attached hydrogens (primary N) is 1. The van der Waals surface area contributed by atoms with Gasteiger partial charge in [-0.3, -0.25) is 15.2 Å². The topological polar surface area (TPSA) is 106 Å². The second-order valence-electron chi connectivity index (χ2n) is 5.87. The highest BCUT2D eigenvalue weighted by atomic mass is 16.5. The fourth-order valence-corrected chi connectivity index (χ4v) is 2.65. The van der Waals surface area contributed by atoms with Gasteiger partial charge < -0.3 is 9.64 Å². The first-order valence-corrected chi connectivity index (χ1v) is 7.76. The average Bonchev–Trinajstić information content (AvgIpc) is 2.60. The van der Waals surface area contributed by atoms with E-state index in [1.165, 1.54) is 6.20 Å². The Bertz CT molecular complexity index is 700. The third-order valence-electron chi connectivity index (χ3n) is 3.95. The van der Waals surface area contributed by atoms with Crippen molar-refractivity contribution in [3.8, 4) is 17.1 Å². The van der Waals surface area contributed by atoms with Crippen LogP contribution in [0.3, 0.4) is 0 Å². The zero-order valence-electron chi connectivity index (χ0n) is 13.5. The first-order chi connectivity index (χ1) is 11.7. The summed E-state index contributed by atoms with van der Waals surface area (Å²) in [5.41, 5.74) is 3.49. The zero-order valence-corrected chi connectivity index (χ0v) is 13.5. The molecule has 1 aliphatic heterocycles. The van der Waals surface area contributed by atoms with Crippen molar-refractivity contribution in [3.63, 3.8) is 0 Å². The van der Waals surface area contributed by atoms with E-state index in [4.69, 9.17) is 10.6 Å². The second kappa shape index (κ2) is 7.33. The lowest BCUT2D eigenvalue weighted by Crippen LogP contribution is -2.44. The smallest absolute Gasteiger partial charge is 0.285 e. The first kappa shape index (κ1) is 16.3. The summed E-state index contributed by atoms with van der Waals surface area (Å²) in [6, 6.07) is 3.63. The number of aromatic nitrogens is 3. The number of hydrogen-bond donors (Lipinski definition) is 2. The molecule has 0 aliphatic carbocycles. The number of amides is 1. The van der Waals surface area contributed by atoms with E-state index in [-0.39, 0.29) is 5.69 Å². The SMILES string of the molecule is CN1CC(CCOc2ccc(-c3cncc(C(=O)NN)n3)cn2)C1. The van der Waals surface area contributed by atoms with E-state index < -0.39 is 5.91 Å². The molecule has 2 aromatic heterocycles. The number of ether oxygens (including phenoxy) is 1. The van der Waals surface area contributed by atoms with E-state index in [0.29, 0.717) is 18.2 Å². The van der Waals surface area contributed by atoms with E-state index in [2.05, 4.69) is 26.9 Å². The minimum atomic E-state index is -0.487. The van der Waals surface area contributed by atoms with Crippen molar-refractivity contribution in [2.24, 2.45) is 11.8 Å². The summed E-state index contributed by atoms with van der Waals surface area (Å²) < 4.78 is 5.67. The van der Waals surface area contributed by atoms with Gasteiger partial charge in [0.2, 0.25) is 5.88 Å². The number of pyridine rings is 1. The molecule has 3 N–H and O–H groups in total. The molecule has 0 saturated carbocycles. The molecular formula is C16H20N6O2. The highest BCUT2D eigenvalue weighted by molar-refractivity contribution is 5.91. The van der Waals surface area contributed by atoms with E-state index in [1.54, 1.807) is 18.5 Å². The van der Waals surface area contributed by atoms with Crippen molar-refractivity contribution in [2.45, 2.75) is 6.42 Å². The summed E-state index contributed by atoms with van der Waals surface area (Å²) in [6.45, 7) is 2.94. The fourth-order valence-electron chi connectivity index (χ4n) is 2.65. The van der Waals surface area contributed by atoms with Crippen LogP contribution in [0.4, 0.5) is 0 Å². The molecule has 1 saturated heterocycles. The molecule has 3 rings (SSSR count). The summed E-state index contributed by atoms with van der Waals surface area (Å²) in [6.07, 6.45) is 5.61. The highest BCUT2D eigenvalue weighted by Crippen LogP contribution is 2.20. The molecule has 0 radical (unpaired) electrons. The predicted molar refractivity (Wildman–Crippen MR) is 88.0 cm³/mol. The summed E-state index contributed by atoms with van der Waals surface area (Å²) in [4.78, 5) is 26.3. The van der Waals surface area contributed by atoms with Crippen LogP contribution in [0.5, 0.6) is 5.88 Å². The van der Waals surface area contributed by atoms with Gasteiger partial charge in [0.15, 0.2) is 0 Å². The Kier molecular flexibility index (Phi) is 4.97. The van der Waals surface area contributed by atoms with Crippen LogP contribution in [0.25, 0.3) is 11.3 Å². The van der Waals surface area contributed by atoms with Crippen LogP contribution in [-0.2, 0) is 0 Å². The predicted octanol–water partition coefficient (Wildman–Crippen LogP) is 0.473. The van der Waals surface area contributed by atoms with Crippen LogP contribution in [0, 0.1) is 5.92 Å². The molecule has 0 spiro atoms. The Morgan fingerprint density at radius 1 is 1.38 bits per heavy atom. The van der Waals surface area contributed by atoms with Gasteiger partial charge in [0.05, 0.1) is 24.7 Å². The molecule has 8 heteroatoms. The molecule has 0 atom stereocenters. The molecular weight excluding hydrogens is 308 g/mol. The normalized spacial score (nSPS) is 14.9. The van der Waals surface area contributed by atoms with Crippen LogP contribution in [0.1, 0.15) is 16.9 Å². The quantitative estimate of drug-likeness (QED) is 0.451. The molecule has 1 fully saturated rings. The van der Waals surface area contributed by atoms with Gasteiger partial charge in [-0.05, 0) is 25.5 Å². The van der Waals surface area contributed by atoms with Crippen molar-refractivity contribution in [3.05, 3.63) is 36.4 Å². The molecule has 0 bridgehead atoms. The number of nitrogen functional groups attached to an aromatic ring is 1. The summed E-state index contributed by atoms with van der Waals surface area (Å²) in [7, 11) is 2.12. The van der Waals surface area contributed by atoms with Crippen LogP contribution in [0.15, 0.2) is 30.7 Å². The van der Waals surface area contributed by atoms with E-state index >= 15 is 0 Å². The number of likely N-dealkylation sites (tertiary alicyclic amines) is 1. The largest absolute Gasteiger partial charge is 0.478 e. The van der Waals surface area contributed by atoms with Gasteiger partial charge in [-0.2, -0.15) is 0 Å². The van der Waals surface area contributed by atoms with Gasteiger partial charge in [0, 0.05) is 30.9 Å². The molecule has 0 aromatic carbocycles. The minimum absolute atomic E-state index is 0.154. The molecule has 0 unspecified atom stereocenters. The summed E-state index contributed by atoms with van der Waals surface area (Å²) in [5.74, 6) is 5.92. The Morgan fingerprint density at radius 2 is 2.21 bits per heavy atom. The lowest BCUT2D eigenvalue weighted by Gasteiger charge is -2.36. The molecule has 2 aromatic rings. The number of carbonyl (C=O) groups excluding carboxylic acids is 1. The standard InChI is InChI=1S/C16H20N6O2/c1-22-9-11(10-22)4-5-24-15-3-2-12(6-19-15)13-7-18-8-14(20-13)16(23)21-17/h2-3,6-8,11H,4-5,9-10,17H2,1H3,(H,21,23). The minimum Gasteiger partial charge on any atom is -0.478 e. The Hall–Kier alpha value is -2.58. The van der Waals surface area contributed by atoms with Crippen molar-refractivity contribution in [1.29, 1.82) is 0 Å². The van der Waals surface area contributed by atoms with E-state index in [0.717, 1.165) is 31.0 Å². The van der Waals surface area contributed by atoms with Crippen molar-refractivity contribution in [1.82, 2.24) is 25.3 Å². The maximum Gasteiger partial charge on any atom is 0.285 e. The average molecular weight is 328 g/mol. The molecule has 24 heavy (non-hydrogen) atoms. The van der Waals surface area contributed by atoms with E-state index in [9.17, 15) is 4.79 Å². The molecule has 126 valence electrons. The van der Waals surface area contributed by atoms with Gasteiger partial charge in [-0.15, -0.1) is 0 Å². The highest BCUT2D eigenvalue weighted by Gasteiger charge is 2.22. The second-order valence-corrected chi connectivity index (χ2v) is 5.87. The first-order valence-electron chi connectivity index (χ1n) is 7.76. The van der Waals surface area contributed by atoms with Crippen LogP contribution < -0.4 is 16.0 Å². The van der Waals surface area contributed by atoms with Crippen molar-refractivity contribution in [2.75, 3.05) is 26.7 Å². The van der Waals surface area contributed by atoms with Gasteiger partial charge in [-0.1, -0.05) is 0 Å². The summed E-state index contributed by atoms with van der Waals surface area (Å²) in [5, 5.41) is 0. The van der Waals surface area contributed by atoms with Crippen molar-refractivity contribution >= 4 is 5.91 Å². The number of nitrogens with zero attached hydrogens (tertiary/aromatic N) is 4. The third kappa shape index (κ3) is 3.84. The molecule has 1 amide bonds. The van der Waals surface area contributed by atoms with Crippen LogP contribution in [0.2, 0.25) is 0 Å². The van der Waals surface area contributed by atoms with Gasteiger partial charge >= 0.3 is 0 Å². The number of hydrazine groups is 1. The molecule has 1 aliphatic rings. The van der Waals surface area contributed by atoms with Crippen molar-refractivity contribution < 1.29 is 9.53 Å². The Labute approximate surface area is 140 Å². The fraction of sp³-hybridized carbons (Fsp3) is 0.375. The number of hydrogen-bond acceptors (Lipinski definition) is 7. The maximum absolute atomic E-state index is 11.5. The van der Waals surface area contributed by atoms with Crippen LogP contribution >= 0.6 is 0 Å². The number of carbonyl (C=O) groups is 1.